The highest BCUT2D eigenvalue weighted by molar-refractivity contribution is 7.89. The van der Waals surface area contributed by atoms with Crippen LogP contribution in [0.2, 0.25) is 0 Å². The molecule has 9 heteroatoms. The predicted molar refractivity (Wildman–Crippen MR) is 112 cm³/mol. The predicted octanol–water partition coefficient (Wildman–Crippen LogP) is 3.32. The van der Waals surface area contributed by atoms with Gasteiger partial charge in [0.1, 0.15) is 0 Å². The molecule has 0 aliphatic rings. The standard InChI is InChI=1S/C21H23N3O5S/c1-3-5-12-24(4-2)30(28,29)17-9-7-16(8-10-17)20(25)23-19-11-6-15(14-22)13-18(19)21(26)27/h6-11,13H,3-5,12H2,1-2H3,(H,23,25)(H,26,27). The fraction of sp³-hybridized carbons (Fsp3) is 0.286. The molecule has 0 bridgehead atoms. The Morgan fingerprint density at radius 3 is 2.33 bits per heavy atom. The maximum atomic E-state index is 12.8. The van der Waals surface area contributed by atoms with Crippen molar-refractivity contribution < 1.29 is 23.1 Å². The zero-order valence-corrected chi connectivity index (χ0v) is 17.6. The van der Waals surface area contributed by atoms with Gasteiger partial charge in [-0.05, 0) is 48.9 Å². The summed E-state index contributed by atoms with van der Waals surface area (Å²) in [6.45, 7) is 4.53. The number of benzene rings is 2. The summed E-state index contributed by atoms with van der Waals surface area (Å²) in [5.41, 5.74) is 0.158. The molecule has 0 spiro atoms. The van der Waals surface area contributed by atoms with Crippen LogP contribution in [0.3, 0.4) is 0 Å². The number of unbranched alkanes of at least 4 members (excludes halogenated alkanes) is 1. The lowest BCUT2D eigenvalue weighted by Gasteiger charge is -2.20. The molecule has 0 atom stereocenters. The van der Waals surface area contributed by atoms with E-state index in [2.05, 4.69) is 5.32 Å². The number of amides is 1. The first-order valence-corrected chi connectivity index (χ1v) is 10.9. The van der Waals surface area contributed by atoms with Crippen LogP contribution in [0.1, 0.15) is 53.0 Å². The van der Waals surface area contributed by atoms with Crippen molar-refractivity contribution in [1.29, 1.82) is 5.26 Å². The highest BCUT2D eigenvalue weighted by Crippen LogP contribution is 2.20. The zero-order valence-electron chi connectivity index (χ0n) is 16.8. The quantitative estimate of drug-likeness (QED) is 0.629. The first-order valence-electron chi connectivity index (χ1n) is 9.43. The summed E-state index contributed by atoms with van der Waals surface area (Å²) in [5.74, 6) is -1.87. The van der Waals surface area contributed by atoms with E-state index in [1.54, 1.807) is 6.92 Å². The number of carbonyl (C=O) groups is 2. The average Bonchev–Trinajstić information content (AvgIpc) is 2.74. The second kappa shape index (κ2) is 10.0. The summed E-state index contributed by atoms with van der Waals surface area (Å²) in [6.07, 6.45) is 1.63. The Morgan fingerprint density at radius 1 is 1.13 bits per heavy atom. The molecule has 0 aromatic heterocycles. The topological polar surface area (TPSA) is 128 Å². The summed E-state index contributed by atoms with van der Waals surface area (Å²) in [6, 6.07) is 11.2. The fourth-order valence-electron chi connectivity index (χ4n) is 2.80. The van der Waals surface area contributed by atoms with E-state index in [4.69, 9.17) is 5.26 Å². The summed E-state index contributed by atoms with van der Waals surface area (Å²) >= 11 is 0. The Labute approximate surface area is 175 Å². The third-order valence-corrected chi connectivity index (χ3v) is 6.48. The number of rotatable bonds is 9. The maximum absolute atomic E-state index is 12.8. The molecule has 1 amide bonds. The average molecular weight is 429 g/mol. The lowest BCUT2D eigenvalue weighted by Crippen LogP contribution is -2.31. The summed E-state index contributed by atoms with van der Waals surface area (Å²) in [4.78, 5) is 24.0. The minimum atomic E-state index is -3.66. The van der Waals surface area contributed by atoms with E-state index in [0.717, 1.165) is 12.8 Å². The molecule has 0 radical (unpaired) electrons. The van der Waals surface area contributed by atoms with Crippen molar-refractivity contribution in [2.24, 2.45) is 0 Å². The Balaban J connectivity index is 2.24. The van der Waals surface area contributed by atoms with Crippen molar-refractivity contribution in [3.8, 4) is 6.07 Å². The van der Waals surface area contributed by atoms with Crippen LogP contribution in [0.15, 0.2) is 47.4 Å². The van der Waals surface area contributed by atoms with Gasteiger partial charge in [0.15, 0.2) is 0 Å². The highest BCUT2D eigenvalue weighted by Gasteiger charge is 2.23. The van der Waals surface area contributed by atoms with Gasteiger partial charge in [-0.2, -0.15) is 9.57 Å². The van der Waals surface area contributed by atoms with Crippen LogP contribution in [0.25, 0.3) is 0 Å². The van der Waals surface area contributed by atoms with E-state index >= 15 is 0 Å². The minimum absolute atomic E-state index is 0.0416. The molecule has 0 unspecified atom stereocenters. The van der Waals surface area contributed by atoms with Gasteiger partial charge in [0.2, 0.25) is 10.0 Å². The largest absolute Gasteiger partial charge is 0.478 e. The molecule has 0 aliphatic heterocycles. The number of anilines is 1. The van der Waals surface area contributed by atoms with E-state index in [1.165, 1.54) is 46.8 Å². The Morgan fingerprint density at radius 2 is 1.80 bits per heavy atom. The molecule has 2 N–H and O–H groups in total. The fourth-order valence-corrected chi connectivity index (χ4v) is 4.29. The van der Waals surface area contributed by atoms with Gasteiger partial charge >= 0.3 is 5.97 Å². The number of aromatic carboxylic acids is 1. The van der Waals surface area contributed by atoms with E-state index in [9.17, 15) is 23.1 Å². The van der Waals surface area contributed by atoms with E-state index in [1.807, 2.05) is 13.0 Å². The van der Waals surface area contributed by atoms with Crippen molar-refractivity contribution in [2.75, 3.05) is 18.4 Å². The Bertz CT molecular complexity index is 1070. The van der Waals surface area contributed by atoms with Crippen LogP contribution in [-0.2, 0) is 10.0 Å². The number of hydrogen-bond acceptors (Lipinski definition) is 5. The maximum Gasteiger partial charge on any atom is 0.337 e. The van der Waals surface area contributed by atoms with Crippen LogP contribution in [-0.4, -0.2) is 42.8 Å². The number of nitriles is 1. The summed E-state index contributed by atoms with van der Waals surface area (Å²) < 4.78 is 26.9. The zero-order chi connectivity index (χ0) is 22.3. The van der Waals surface area contributed by atoms with Gasteiger partial charge < -0.3 is 10.4 Å². The van der Waals surface area contributed by atoms with Crippen molar-refractivity contribution in [1.82, 2.24) is 4.31 Å². The van der Waals surface area contributed by atoms with Gasteiger partial charge in [0, 0.05) is 18.7 Å². The monoisotopic (exact) mass is 429 g/mol. The number of carbonyl (C=O) groups excluding carboxylic acids is 1. The minimum Gasteiger partial charge on any atom is -0.478 e. The molecule has 0 heterocycles. The van der Waals surface area contributed by atoms with E-state index in [0.29, 0.717) is 13.1 Å². The van der Waals surface area contributed by atoms with Crippen LogP contribution in [0.4, 0.5) is 5.69 Å². The molecule has 0 saturated heterocycles. The van der Waals surface area contributed by atoms with E-state index < -0.39 is 21.9 Å². The summed E-state index contributed by atoms with van der Waals surface area (Å²) in [7, 11) is -3.66. The molecule has 2 aromatic rings. The molecule has 158 valence electrons. The van der Waals surface area contributed by atoms with Crippen LogP contribution >= 0.6 is 0 Å². The van der Waals surface area contributed by atoms with Gasteiger partial charge in [-0.1, -0.05) is 20.3 Å². The lowest BCUT2D eigenvalue weighted by atomic mass is 10.1. The van der Waals surface area contributed by atoms with Gasteiger partial charge in [-0.25, -0.2) is 13.2 Å². The molecule has 0 fully saturated rings. The van der Waals surface area contributed by atoms with Crippen molar-refractivity contribution >= 4 is 27.6 Å². The molecule has 0 saturated carbocycles. The number of nitrogens with one attached hydrogen (secondary N) is 1. The number of carboxylic acids is 1. The molecule has 8 nitrogen and oxygen atoms in total. The van der Waals surface area contributed by atoms with Crippen LogP contribution < -0.4 is 5.32 Å². The van der Waals surface area contributed by atoms with Gasteiger partial charge in [0.05, 0.1) is 27.8 Å². The third kappa shape index (κ3) is 5.23. The van der Waals surface area contributed by atoms with Crippen LogP contribution in [0.5, 0.6) is 0 Å². The smallest absolute Gasteiger partial charge is 0.337 e. The molecule has 2 rings (SSSR count). The first kappa shape index (κ1) is 23.1. The highest BCUT2D eigenvalue weighted by atomic mass is 32.2. The van der Waals surface area contributed by atoms with Crippen molar-refractivity contribution in [3.63, 3.8) is 0 Å². The molecular formula is C21H23N3O5S. The molecule has 2 aromatic carbocycles. The number of hydrogen-bond donors (Lipinski definition) is 2. The number of nitrogens with zero attached hydrogens (tertiary/aromatic N) is 2. The van der Waals surface area contributed by atoms with Crippen LogP contribution in [0, 0.1) is 11.3 Å². The molecule has 0 aliphatic carbocycles. The van der Waals surface area contributed by atoms with Crippen molar-refractivity contribution in [3.05, 3.63) is 59.2 Å². The second-order valence-electron chi connectivity index (χ2n) is 6.51. The van der Waals surface area contributed by atoms with Gasteiger partial charge in [-0.15, -0.1) is 0 Å². The Kier molecular flexibility index (Phi) is 7.69. The van der Waals surface area contributed by atoms with E-state index in [-0.39, 0.29) is 27.3 Å². The second-order valence-corrected chi connectivity index (χ2v) is 8.44. The van der Waals surface area contributed by atoms with Gasteiger partial charge in [-0.3, -0.25) is 4.79 Å². The molecular weight excluding hydrogens is 406 g/mol. The summed E-state index contributed by atoms with van der Waals surface area (Å²) in [5, 5.41) is 20.7. The van der Waals surface area contributed by atoms with Gasteiger partial charge in [0.25, 0.3) is 5.91 Å². The lowest BCUT2D eigenvalue weighted by molar-refractivity contribution is 0.0698. The first-order chi connectivity index (χ1) is 14.2. The normalized spacial score (nSPS) is 11.1. The van der Waals surface area contributed by atoms with Crippen molar-refractivity contribution in [2.45, 2.75) is 31.6 Å². The molecule has 30 heavy (non-hydrogen) atoms. The Hall–Kier alpha value is -3.22. The number of carboxylic acid groups (broad SMARTS) is 1. The third-order valence-electron chi connectivity index (χ3n) is 4.50. The SMILES string of the molecule is CCCCN(CC)S(=O)(=O)c1ccc(C(=O)Nc2ccc(C#N)cc2C(=O)O)cc1. The number of sulfonamides is 1.